The number of imidazole rings is 1. The smallest absolute Gasteiger partial charge is 0.203 e. The van der Waals surface area contributed by atoms with E-state index in [1.54, 1.807) is 0 Å². The molecule has 0 radical (unpaired) electrons. The highest BCUT2D eigenvalue weighted by Crippen LogP contribution is 2.32. The van der Waals surface area contributed by atoms with E-state index in [2.05, 4.69) is 53.9 Å². The topological polar surface area (TPSA) is 33.1 Å². The lowest BCUT2D eigenvalue weighted by atomic mass is 10.2. The van der Waals surface area contributed by atoms with Gasteiger partial charge in [0.2, 0.25) is 5.95 Å². The largest absolute Gasteiger partial charge is 0.353 e. The molecule has 4 nitrogen and oxygen atoms in total. The fraction of sp³-hybridized carbons (Fsp3) is 0.800. The minimum absolute atomic E-state index is 0.462. The number of aromatic nitrogens is 2. The van der Waals surface area contributed by atoms with Gasteiger partial charge in [-0.05, 0) is 53.8 Å². The van der Waals surface area contributed by atoms with Crippen molar-refractivity contribution in [3.05, 3.63) is 11.9 Å². The van der Waals surface area contributed by atoms with Crippen LogP contribution < -0.4 is 5.32 Å². The van der Waals surface area contributed by atoms with Crippen molar-refractivity contribution in [3.8, 4) is 0 Å². The second-order valence-electron chi connectivity index (χ2n) is 6.19. The number of aryl methyl sites for hydroxylation is 1. The van der Waals surface area contributed by atoms with Crippen LogP contribution in [0.1, 0.15) is 50.8 Å². The van der Waals surface area contributed by atoms with Crippen LogP contribution in [0.3, 0.4) is 0 Å². The number of nitrogens with one attached hydrogen (secondary N) is 1. The second kappa shape index (κ2) is 6.42. The Labute approximate surface area is 117 Å². The van der Waals surface area contributed by atoms with Gasteiger partial charge < -0.3 is 14.8 Å². The average Bonchev–Trinajstić information content (AvgIpc) is 2.95. The molecule has 1 atom stereocenters. The van der Waals surface area contributed by atoms with Crippen LogP contribution in [-0.4, -0.2) is 41.1 Å². The van der Waals surface area contributed by atoms with Gasteiger partial charge in [-0.3, -0.25) is 0 Å². The van der Waals surface area contributed by atoms with E-state index >= 15 is 0 Å². The average molecular weight is 264 g/mol. The Kier molecular flexibility index (Phi) is 4.86. The fourth-order valence-electron chi connectivity index (χ4n) is 2.83. The first-order chi connectivity index (χ1) is 9.06. The zero-order valence-corrected chi connectivity index (χ0v) is 12.8. The lowest BCUT2D eigenvalue weighted by Crippen LogP contribution is -2.24. The van der Waals surface area contributed by atoms with E-state index in [9.17, 15) is 0 Å². The molecule has 1 aromatic heterocycles. The lowest BCUT2D eigenvalue weighted by Gasteiger charge is -2.20. The molecule has 1 aliphatic carbocycles. The fourth-order valence-corrected chi connectivity index (χ4v) is 2.83. The van der Waals surface area contributed by atoms with Gasteiger partial charge in [0.15, 0.2) is 0 Å². The van der Waals surface area contributed by atoms with Crippen LogP contribution in [0.15, 0.2) is 6.20 Å². The molecular weight excluding hydrogens is 236 g/mol. The second-order valence-corrected chi connectivity index (χ2v) is 6.19. The van der Waals surface area contributed by atoms with Gasteiger partial charge in [-0.2, -0.15) is 0 Å². The lowest BCUT2D eigenvalue weighted by molar-refractivity contribution is 0.389. The molecule has 0 amide bonds. The third-order valence-electron chi connectivity index (χ3n) is 3.96. The molecule has 1 aliphatic rings. The van der Waals surface area contributed by atoms with Crippen LogP contribution in [0.5, 0.6) is 0 Å². The molecule has 1 N–H and O–H groups in total. The van der Waals surface area contributed by atoms with Gasteiger partial charge in [-0.25, -0.2) is 4.98 Å². The van der Waals surface area contributed by atoms with E-state index in [0.29, 0.717) is 12.1 Å². The first-order valence-corrected chi connectivity index (χ1v) is 7.53. The predicted molar refractivity (Wildman–Crippen MR) is 80.7 cm³/mol. The zero-order chi connectivity index (χ0) is 13.8. The van der Waals surface area contributed by atoms with Crippen molar-refractivity contribution >= 4 is 5.95 Å². The van der Waals surface area contributed by atoms with E-state index in [4.69, 9.17) is 0 Å². The van der Waals surface area contributed by atoms with Gasteiger partial charge in [-0.15, -0.1) is 0 Å². The summed E-state index contributed by atoms with van der Waals surface area (Å²) in [6.45, 7) is 5.44. The van der Waals surface area contributed by atoms with Crippen LogP contribution in [0.2, 0.25) is 0 Å². The SMILES string of the molecule is Cc1cn(C2CCCC2)c(NC(C)CCN(C)C)n1. The monoisotopic (exact) mass is 264 g/mol. The highest BCUT2D eigenvalue weighted by Gasteiger charge is 2.20. The Morgan fingerprint density at radius 2 is 2.11 bits per heavy atom. The van der Waals surface area contributed by atoms with E-state index in [1.165, 1.54) is 25.7 Å². The molecule has 0 bridgehead atoms. The summed E-state index contributed by atoms with van der Waals surface area (Å²) in [5.74, 6) is 1.07. The van der Waals surface area contributed by atoms with Crippen molar-refractivity contribution in [3.63, 3.8) is 0 Å². The van der Waals surface area contributed by atoms with E-state index in [-0.39, 0.29) is 0 Å². The quantitative estimate of drug-likeness (QED) is 0.857. The molecule has 0 aromatic carbocycles. The Morgan fingerprint density at radius 3 is 2.74 bits per heavy atom. The van der Waals surface area contributed by atoms with Gasteiger partial charge in [0.1, 0.15) is 0 Å². The van der Waals surface area contributed by atoms with Gasteiger partial charge in [0.05, 0.1) is 5.69 Å². The molecule has 1 unspecified atom stereocenters. The van der Waals surface area contributed by atoms with Crippen LogP contribution in [0, 0.1) is 6.92 Å². The Balaban J connectivity index is 1.98. The molecule has 4 heteroatoms. The van der Waals surface area contributed by atoms with E-state index in [0.717, 1.165) is 24.6 Å². The molecule has 19 heavy (non-hydrogen) atoms. The third-order valence-corrected chi connectivity index (χ3v) is 3.96. The van der Waals surface area contributed by atoms with Gasteiger partial charge in [0.25, 0.3) is 0 Å². The predicted octanol–water partition coefficient (Wildman–Crippen LogP) is 3.06. The molecule has 1 fully saturated rings. The summed E-state index contributed by atoms with van der Waals surface area (Å²) in [5.41, 5.74) is 1.12. The summed E-state index contributed by atoms with van der Waals surface area (Å²) in [6, 6.07) is 1.12. The molecule has 0 spiro atoms. The summed E-state index contributed by atoms with van der Waals surface area (Å²) >= 11 is 0. The number of hydrogen-bond acceptors (Lipinski definition) is 3. The number of nitrogens with zero attached hydrogens (tertiary/aromatic N) is 3. The van der Waals surface area contributed by atoms with Crippen molar-refractivity contribution in [2.75, 3.05) is 26.0 Å². The molecule has 108 valence electrons. The highest BCUT2D eigenvalue weighted by molar-refractivity contribution is 5.31. The summed E-state index contributed by atoms with van der Waals surface area (Å²) in [6.07, 6.45) is 8.67. The number of hydrogen-bond donors (Lipinski definition) is 1. The summed E-state index contributed by atoms with van der Waals surface area (Å²) in [7, 11) is 4.24. The van der Waals surface area contributed by atoms with Crippen molar-refractivity contribution in [1.29, 1.82) is 0 Å². The van der Waals surface area contributed by atoms with E-state index in [1.807, 2.05) is 0 Å². The molecule has 2 rings (SSSR count). The van der Waals surface area contributed by atoms with Crippen LogP contribution in [0.25, 0.3) is 0 Å². The molecule has 1 aromatic rings. The Bertz CT molecular complexity index is 391. The van der Waals surface area contributed by atoms with E-state index < -0.39 is 0 Å². The zero-order valence-electron chi connectivity index (χ0n) is 12.8. The summed E-state index contributed by atoms with van der Waals surface area (Å²) in [5, 5.41) is 3.59. The van der Waals surface area contributed by atoms with Crippen molar-refractivity contribution in [2.45, 2.75) is 58.0 Å². The maximum absolute atomic E-state index is 4.66. The molecule has 1 saturated carbocycles. The summed E-state index contributed by atoms with van der Waals surface area (Å²) < 4.78 is 2.37. The molecule has 0 saturated heterocycles. The van der Waals surface area contributed by atoms with Gasteiger partial charge in [0, 0.05) is 18.3 Å². The Hall–Kier alpha value is -1.03. The van der Waals surface area contributed by atoms with Gasteiger partial charge >= 0.3 is 0 Å². The maximum atomic E-state index is 4.66. The maximum Gasteiger partial charge on any atom is 0.203 e. The number of anilines is 1. The minimum atomic E-state index is 0.462. The molecular formula is C15H28N4. The van der Waals surface area contributed by atoms with Crippen LogP contribution in [0.4, 0.5) is 5.95 Å². The van der Waals surface area contributed by atoms with Crippen LogP contribution >= 0.6 is 0 Å². The third kappa shape index (κ3) is 3.96. The molecule has 1 heterocycles. The molecule has 0 aliphatic heterocycles. The van der Waals surface area contributed by atoms with Crippen LogP contribution in [-0.2, 0) is 0 Å². The van der Waals surface area contributed by atoms with Gasteiger partial charge in [-0.1, -0.05) is 12.8 Å². The van der Waals surface area contributed by atoms with Crippen molar-refractivity contribution in [2.24, 2.45) is 0 Å². The normalized spacial score (nSPS) is 18.2. The van der Waals surface area contributed by atoms with Crippen molar-refractivity contribution in [1.82, 2.24) is 14.5 Å². The first kappa shape index (κ1) is 14.4. The summed E-state index contributed by atoms with van der Waals surface area (Å²) in [4.78, 5) is 6.89. The minimum Gasteiger partial charge on any atom is -0.353 e. The Morgan fingerprint density at radius 1 is 1.42 bits per heavy atom. The highest BCUT2D eigenvalue weighted by atomic mass is 15.2. The van der Waals surface area contributed by atoms with Crippen molar-refractivity contribution < 1.29 is 0 Å². The first-order valence-electron chi connectivity index (χ1n) is 7.53. The standard InChI is InChI=1S/C15H28N4/c1-12(9-10-18(3)4)16-15-17-13(2)11-19(15)14-7-5-6-8-14/h11-12,14H,5-10H2,1-4H3,(H,16,17). The number of rotatable bonds is 6.